The largest absolute Gasteiger partial charge is 0.497 e. The Bertz CT molecular complexity index is 517. The zero-order valence-corrected chi connectivity index (χ0v) is 11.8. The number of hydrogen-bond donors (Lipinski definition) is 1. The minimum Gasteiger partial charge on any atom is -0.497 e. The van der Waals surface area contributed by atoms with Crippen molar-refractivity contribution < 1.29 is 4.74 Å². The molecule has 0 radical (unpaired) electrons. The van der Waals surface area contributed by atoms with E-state index in [1.54, 1.807) is 7.11 Å². The molecule has 1 atom stereocenters. The Kier molecular flexibility index (Phi) is 4.02. The Labute approximate surface area is 119 Å². The molecule has 1 N–H and O–H groups in total. The third-order valence-corrected chi connectivity index (χ3v) is 3.83. The lowest BCUT2D eigenvalue weighted by atomic mass is 10.0. The number of rotatable bonds is 7. The van der Waals surface area contributed by atoms with E-state index >= 15 is 0 Å². The fourth-order valence-electron chi connectivity index (χ4n) is 2.56. The zero-order valence-electron chi connectivity index (χ0n) is 11.8. The number of nitrogens with zero attached hydrogens (tertiary/aromatic N) is 2. The molecule has 1 aromatic carbocycles. The minimum absolute atomic E-state index is 0.455. The van der Waals surface area contributed by atoms with Crippen LogP contribution in [0.3, 0.4) is 0 Å². The summed E-state index contributed by atoms with van der Waals surface area (Å²) in [5.74, 6) is 1.70. The van der Waals surface area contributed by atoms with Gasteiger partial charge in [-0.3, -0.25) is 4.68 Å². The van der Waals surface area contributed by atoms with Crippen LogP contribution in [0, 0.1) is 5.92 Å². The Morgan fingerprint density at radius 3 is 2.75 bits per heavy atom. The van der Waals surface area contributed by atoms with Crippen LogP contribution in [0.25, 0.3) is 0 Å². The second-order valence-electron chi connectivity index (χ2n) is 5.31. The van der Waals surface area contributed by atoms with Gasteiger partial charge in [-0.05, 0) is 42.5 Å². The molecule has 1 aliphatic carbocycles. The van der Waals surface area contributed by atoms with Crippen molar-refractivity contribution in [2.24, 2.45) is 5.92 Å². The minimum atomic E-state index is 0.455. The van der Waals surface area contributed by atoms with E-state index in [-0.39, 0.29) is 0 Å². The van der Waals surface area contributed by atoms with E-state index < -0.39 is 0 Å². The van der Waals surface area contributed by atoms with E-state index in [0.29, 0.717) is 6.04 Å². The lowest BCUT2D eigenvalue weighted by Crippen LogP contribution is -2.27. The van der Waals surface area contributed by atoms with Gasteiger partial charge in [0.05, 0.1) is 13.7 Å². The molecule has 0 bridgehead atoms. The lowest BCUT2D eigenvalue weighted by Gasteiger charge is -2.19. The molecule has 0 saturated heterocycles. The topological polar surface area (TPSA) is 39.1 Å². The van der Waals surface area contributed by atoms with E-state index in [4.69, 9.17) is 4.74 Å². The molecule has 0 amide bonds. The van der Waals surface area contributed by atoms with E-state index in [2.05, 4.69) is 22.5 Å². The summed E-state index contributed by atoms with van der Waals surface area (Å²) in [6.45, 7) is 1.85. The first-order chi connectivity index (χ1) is 9.86. The highest BCUT2D eigenvalue weighted by molar-refractivity contribution is 5.30. The molecular formula is C16H21N3O. The highest BCUT2D eigenvalue weighted by Gasteiger charge is 2.31. The highest BCUT2D eigenvalue weighted by Crippen LogP contribution is 2.41. The highest BCUT2D eigenvalue weighted by atomic mass is 16.5. The smallest absolute Gasteiger partial charge is 0.118 e. The summed E-state index contributed by atoms with van der Waals surface area (Å²) in [7, 11) is 1.70. The van der Waals surface area contributed by atoms with Crippen LogP contribution in [0.2, 0.25) is 0 Å². The quantitative estimate of drug-likeness (QED) is 0.841. The number of aromatic nitrogens is 2. The normalized spacial score (nSPS) is 16.1. The molecule has 1 fully saturated rings. The van der Waals surface area contributed by atoms with E-state index in [0.717, 1.165) is 24.8 Å². The predicted octanol–water partition coefficient (Wildman–Crippen LogP) is 2.63. The van der Waals surface area contributed by atoms with Crippen molar-refractivity contribution in [1.82, 2.24) is 15.1 Å². The maximum Gasteiger partial charge on any atom is 0.118 e. The van der Waals surface area contributed by atoms with Crippen LogP contribution in [-0.2, 0) is 6.54 Å². The van der Waals surface area contributed by atoms with Gasteiger partial charge in [0.1, 0.15) is 5.75 Å². The second kappa shape index (κ2) is 6.09. The molecule has 4 heteroatoms. The van der Waals surface area contributed by atoms with Crippen molar-refractivity contribution in [2.45, 2.75) is 25.4 Å². The summed E-state index contributed by atoms with van der Waals surface area (Å²) < 4.78 is 7.19. The first-order valence-electron chi connectivity index (χ1n) is 7.21. The number of ether oxygens (including phenoxy) is 1. The van der Waals surface area contributed by atoms with Gasteiger partial charge in [-0.25, -0.2) is 0 Å². The van der Waals surface area contributed by atoms with Gasteiger partial charge in [0.25, 0.3) is 0 Å². The third-order valence-electron chi connectivity index (χ3n) is 3.83. The van der Waals surface area contributed by atoms with Gasteiger partial charge in [0.2, 0.25) is 0 Å². The summed E-state index contributed by atoms with van der Waals surface area (Å²) >= 11 is 0. The fourth-order valence-corrected chi connectivity index (χ4v) is 2.56. The Balaban J connectivity index is 1.60. The Morgan fingerprint density at radius 1 is 1.35 bits per heavy atom. The van der Waals surface area contributed by atoms with Crippen molar-refractivity contribution in [2.75, 3.05) is 13.7 Å². The summed E-state index contributed by atoms with van der Waals surface area (Å²) in [5, 5.41) is 7.90. The maximum absolute atomic E-state index is 5.22. The Hall–Kier alpha value is -1.81. The van der Waals surface area contributed by atoms with Crippen LogP contribution < -0.4 is 10.1 Å². The molecule has 3 rings (SSSR count). The van der Waals surface area contributed by atoms with E-state index in [1.807, 2.05) is 35.3 Å². The van der Waals surface area contributed by atoms with Gasteiger partial charge in [0.15, 0.2) is 0 Å². The van der Waals surface area contributed by atoms with Gasteiger partial charge in [-0.15, -0.1) is 0 Å². The van der Waals surface area contributed by atoms with Crippen LogP contribution in [-0.4, -0.2) is 23.4 Å². The molecule has 1 aromatic heterocycles. The van der Waals surface area contributed by atoms with E-state index in [9.17, 15) is 0 Å². The van der Waals surface area contributed by atoms with Crippen LogP contribution in [0.15, 0.2) is 42.7 Å². The number of benzene rings is 1. The maximum atomic E-state index is 5.22. The average Bonchev–Trinajstić information content (AvgIpc) is 3.20. The average molecular weight is 271 g/mol. The zero-order chi connectivity index (χ0) is 13.8. The van der Waals surface area contributed by atoms with E-state index in [1.165, 1.54) is 18.4 Å². The van der Waals surface area contributed by atoms with Crippen LogP contribution in [0.1, 0.15) is 24.4 Å². The van der Waals surface area contributed by atoms with Gasteiger partial charge < -0.3 is 10.1 Å². The van der Waals surface area contributed by atoms with Crippen molar-refractivity contribution in [3.63, 3.8) is 0 Å². The summed E-state index contributed by atoms with van der Waals surface area (Å²) in [4.78, 5) is 0. The monoisotopic (exact) mass is 271 g/mol. The first-order valence-corrected chi connectivity index (χ1v) is 7.21. The van der Waals surface area contributed by atoms with Gasteiger partial charge >= 0.3 is 0 Å². The number of methoxy groups -OCH3 is 1. The molecule has 1 aliphatic rings. The first kappa shape index (κ1) is 13.2. The molecule has 1 saturated carbocycles. The van der Waals surface area contributed by atoms with Crippen molar-refractivity contribution in [3.05, 3.63) is 48.3 Å². The second-order valence-corrected chi connectivity index (χ2v) is 5.31. The molecule has 106 valence electrons. The number of hydrogen-bond acceptors (Lipinski definition) is 3. The van der Waals surface area contributed by atoms with Crippen molar-refractivity contribution in [1.29, 1.82) is 0 Å². The summed E-state index contributed by atoms with van der Waals surface area (Å²) in [6, 6.07) is 10.8. The van der Waals surface area contributed by atoms with Crippen LogP contribution in [0.4, 0.5) is 0 Å². The standard InChI is InChI=1S/C16H21N3O/c1-20-15-7-5-14(6-8-15)16(13-3-4-13)17-10-12-19-11-2-9-18-19/h2,5-9,11,13,16-17H,3-4,10,12H2,1H3. The van der Waals surface area contributed by atoms with Crippen LogP contribution in [0.5, 0.6) is 5.75 Å². The van der Waals surface area contributed by atoms with Gasteiger partial charge in [-0.1, -0.05) is 12.1 Å². The molecule has 1 unspecified atom stereocenters. The summed E-state index contributed by atoms with van der Waals surface area (Å²) in [5.41, 5.74) is 1.36. The van der Waals surface area contributed by atoms with Crippen molar-refractivity contribution >= 4 is 0 Å². The molecule has 20 heavy (non-hydrogen) atoms. The van der Waals surface area contributed by atoms with Gasteiger partial charge in [-0.2, -0.15) is 5.10 Å². The molecule has 2 aromatic rings. The molecule has 1 heterocycles. The lowest BCUT2D eigenvalue weighted by molar-refractivity contribution is 0.413. The fraction of sp³-hybridized carbons (Fsp3) is 0.438. The van der Waals surface area contributed by atoms with Crippen LogP contribution >= 0.6 is 0 Å². The van der Waals surface area contributed by atoms with Gasteiger partial charge in [0, 0.05) is 25.0 Å². The number of nitrogens with one attached hydrogen (secondary N) is 1. The predicted molar refractivity (Wildman–Crippen MR) is 78.7 cm³/mol. The Morgan fingerprint density at radius 2 is 2.15 bits per heavy atom. The molecule has 4 nitrogen and oxygen atoms in total. The van der Waals surface area contributed by atoms with Crippen molar-refractivity contribution in [3.8, 4) is 5.75 Å². The molecule has 0 spiro atoms. The molecular weight excluding hydrogens is 250 g/mol. The summed E-state index contributed by atoms with van der Waals surface area (Å²) in [6.07, 6.45) is 6.47. The SMILES string of the molecule is COc1ccc(C(NCCn2cccn2)C2CC2)cc1. The third kappa shape index (κ3) is 3.20. The molecule has 0 aliphatic heterocycles.